The Morgan fingerprint density at radius 3 is 2.76 bits per heavy atom. The van der Waals surface area contributed by atoms with E-state index < -0.39 is 0 Å². The molecular formula is C22H34N6S. The summed E-state index contributed by atoms with van der Waals surface area (Å²) in [6, 6.07) is 10.8. The molecule has 1 fully saturated rings. The van der Waals surface area contributed by atoms with Crippen molar-refractivity contribution in [1.29, 1.82) is 0 Å². The second-order valence-corrected chi connectivity index (χ2v) is 8.80. The largest absolute Gasteiger partial charge is 0.356 e. The van der Waals surface area contributed by atoms with Gasteiger partial charge in [-0.05, 0) is 30.6 Å². The number of hydrogen-bond donors (Lipinski definition) is 1. The molecule has 6 nitrogen and oxygen atoms in total. The van der Waals surface area contributed by atoms with Gasteiger partial charge >= 0.3 is 0 Å². The highest BCUT2D eigenvalue weighted by atomic mass is 32.2. The van der Waals surface area contributed by atoms with Crippen molar-refractivity contribution in [3.63, 3.8) is 0 Å². The highest BCUT2D eigenvalue weighted by Gasteiger charge is 2.25. The first-order chi connectivity index (χ1) is 14.1. The second-order valence-electron chi connectivity index (χ2n) is 8.03. The van der Waals surface area contributed by atoms with Gasteiger partial charge in [0.25, 0.3) is 0 Å². The van der Waals surface area contributed by atoms with E-state index in [1.165, 1.54) is 12.0 Å². The van der Waals surface area contributed by atoms with Gasteiger partial charge in [-0.3, -0.25) is 4.99 Å². The number of likely N-dealkylation sites (tertiary alicyclic amines) is 1. The van der Waals surface area contributed by atoms with Crippen molar-refractivity contribution in [2.75, 3.05) is 32.9 Å². The monoisotopic (exact) mass is 414 g/mol. The third-order valence-electron chi connectivity index (χ3n) is 5.35. The lowest BCUT2D eigenvalue weighted by molar-refractivity contribution is 0.472. The molecule has 1 aliphatic rings. The fourth-order valence-electron chi connectivity index (χ4n) is 3.93. The van der Waals surface area contributed by atoms with Crippen LogP contribution < -0.4 is 5.32 Å². The molecule has 0 amide bonds. The van der Waals surface area contributed by atoms with Crippen LogP contribution in [0.4, 0.5) is 0 Å². The first-order valence-electron chi connectivity index (χ1n) is 10.6. The zero-order valence-electron chi connectivity index (χ0n) is 18.1. The van der Waals surface area contributed by atoms with E-state index >= 15 is 0 Å². The van der Waals surface area contributed by atoms with Crippen molar-refractivity contribution >= 4 is 17.7 Å². The van der Waals surface area contributed by atoms with Crippen molar-refractivity contribution in [1.82, 2.24) is 25.0 Å². The minimum atomic E-state index is 0.584. The minimum Gasteiger partial charge on any atom is -0.356 e. The summed E-state index contributed by atoms with van der Waals surface area (Å²) in [6.07, 6.45) is 5.19. The van der Waals surface area contributed by atoms with Crippen molar-refractivity contribution in [2.24, 2.45) is 10.9 Å². The van der Waals surface area contributed by atoms with E-state index in [2.05, 4.69) is 80.4 Å². The van der Waals surface area contributed by atoms with Crippen LogP contribution in [-0.2, 0) is 13.0 Å². The maximum absolute atomic E-state index is 4.51. The summed E-state index contributed by atoms with van der Waals surface area (Å²) in [7, 11) is 1.88. The molecule has 0 radical (unpaired) electrons. The van der Waals surface area contributed by atoms with Gasteiger partial charge in [-0.2, -0.15) is 0 Å². The van der Waals surface area contributed by atoms with Crippen molar-refractivity contribution in [3.05, 3.63) is 41.7 Å². The van der Waals surface area contributed by atoms with E-state index in [1.807, 2.05) is 7.05 Å². The van der Waals surface area contributed by atoms with Crippen LogP contribution in [0.2, 0.25) is 0 Å². The van der Waals surface area contributed by atoms with Crippen molar-refractivity contribution in [2.45, 2.75) is 50.7 Å². The summed E-state index contributed by atoms with van der Waals surface area (Å²) in [5, 5.41) is 13.3. The molecule has 1 aromatic carbocycles. The fourth-order valence-corrected chi connectivity index (χ4v) is 4.46. The number of rotatable bonds is 8. The fraction of sp³-hybridized carbons (Fsp3) is 0.591. The molecule has 1 N–H and O–H groups in total. The van der Waals surface area contributed by atoms with Crippen LogP contribution in [0.3, 0.4) is 0 Å². The molecule has 1 atom stereocenters. The van der Waals surface area contributed by atoms with Crippen LogP contribution >= 0.6 is 11.8 Å². The lowest BCUT2D eigenvalue weighted by atomic mass is 9.99. The number of guanidine groups is 1. The Hall–Kier alpha value is -2.02. The Morgan fingerprint density at radius 1 is 1.28 bits per heavy atom. The number of aromatic nitrogens is 3. The smallest absolute Gasteiger partial charge is 0.193 e. The Morgan fingerprint density at radius 2 is 2.07 bits per heavy atom. The summed E-state index contributed by atoms with van der Waals surface area (Å²) in [4.78, 5) is 6.89. The van der Waals surface area contributed by atoms with E-state index in [0.29, 0.717) is 11.8 Å². The van der Waals surface area contributed by atoms with Crippen LogP contribution in [0.1, 0.15) is 44.0 Å². The zero-order chi connectivity index (χ0) is 20.6. The number of benzene rings is 1. The normalized spacial score (nSPS) is 17.3. The predicted molar refractivity (Wildman–Crippen MR) is 122 cm³/mol. The van der Waals surface area contributed by atoms with Gasteiger partial charge in [0, 0.05) is 45.6 Å². The maximum Gasteiger partial charge on any atom is 0.193 e. The number of aliphatic imine (C=N–C) groups is 1. The standard InChI is InChI=1S/C22H34N6S/c1-17(2)15-28-20(25-26-22(28)29-4)11-8-13-24-21(23-3)27-14-12-19(16-27)18-9-6-5-7-10-18/h5-7,9-10,17,19H,8,11-16H2,1-4H3,(H,23,24). The molecule has 1 aromatic heterocycles. The van der Waals surface area contributed by atoms with Gasteiger partial charge in [0.1, 0.15) is 5.82 Å². The quantitative estimate of drug-likeness (QED) is 0.309. The third kappa shape index (κ3) is 5.75. The molecule has 0 bridgehead atoms. The highest BCUT2D eigenvalue weighted by Crippen LogP contribution is 2.26. The van der Waals surface area contributed by atoms with Gasteiger partial charge in [0.2, 0.25) is 0 Å². The van der Waals surface area contributed by atoms with Gasteiger partial charge in [-0.25, -0.2) is 0 Å². The van der Waals surface area contributed by atoms with Gasteiger partial charge in [0.05, 0.1) is 0 Å². The first kappa shape index (κ1) is 21.7. The van der Waals surface area contributed by atoms with Crippen molar-refractivity contribution < 1.29 is 0 Å². The van der Waals surface area contributed by atoms with Gasteiger partial charge in [0.15, 0.2) is 11.1 Å². The number of aryl methyl sites for hydroxylation is 1. The lowest BCUT2D eigenvalue weighted by Gasteiger charge is -2.22. The Bertz CT molecular complexity index is 786. The molecule has 1 saturated heterocycles. The average Bonchev–Trinajstić information content (AvgIpc) is 3.36. The summed E-state index contributed by atoms with van der Waals surface area (Å²) >= 11 is 1.67. The predicted octanol–water partition coefficient (Wildman–Crippen LogP) is 3.65. The molecular weight excluding hydrogens is 380 g/mol. The van der Waals surface area contributed by atoms with Crippen LogP contribution in [0.5, 0.6) is 0 Å². The van der Waals surface area contributed by atoms with E-state index in [0.717, 1.165) is 56.0 Å². The number of nitrogens with zero attached hydrogens (tertiary/aromatic N) is 5. The molecule has 7 heteroatoms. The Labute approximate surface area is 179 Å². The zero-order valence-corrected chi connectivity index (χ0v) is 19.0. The molecule has 1 unspecified atom stereocenters. The van der Waals surface area contributed by atoms with E-state index in [1.54, 1.807) is 11.8 Å². The van der Waals surface area contributed by atoms with Crippen LogP contribution in [-0.4, -0.2) is 58.6 Å². The van der Waals surface area contributed by atoms with E-state index in [9.17, 15) is 0 Å². The maximum atomic E-state index is 4.51. The van der Waals surface area contributed by atoms with Crippen LogP contribution in [0, 0.1) is 5.92 Å². The lowest BCUT2D eigenvalue weighted by Crippen LogP contribution is -2.40. The number of hydrogen-bond acceptors (Lipinski definition) is 4. The molecule has 2 heterocycles. The van der Waals surface area contributed by atoms with E-state index in [-0.39, 0.29) is 0 Å². The SMILES string of the molecule is CN=C(NCCCc1nnc(SC)n1CC(C)C)N1CCC(c2ccccc2)C1. The number of thioether (sulfide) groups is 1. The molecule has 0 aliphatic carbocycles. The van der Waals surface area contributed by atoms with E-state index in [4.69, 9.17) is 0 Å². The van der Waals surface area contributed by atoms with Gasteiger partial charge < -0.3 is 14.8 Å². The molecule has 158 valence electrons. The Kier molecular flexibility index (Phi) is 7.98. The van der Waals surface area contributed by atoms with Crippen molar-refractivity contribution in [3.8, 4) is 0 Å². The second kappa shape index (κ2) is 10.7. The van der Waals surface area contributed by atoms with Gasteiger partial charge in [-0.15, -0.1) is 10.2 Å². The summed E-state index contributed by atoms with van der Waals surface area (Å²) in [6.45, 7) is 8.42. The Balaban J connectivity index is 1.48. The molecule has 0 saturated carbocycles. The molecule has 2 aromatic rings. The first-order valence-corrected chi connectivity index (χ1v) is 11.8. The summed E-state index contributed by atoms with van der Waals surface area (Å²) < 4.78 is 2.27. The molecule has 1 aliphatic heterocycles. The summed E-state index contributed by atoms with van der Waals surface area (Å²) in [5.74, 6) is 3.27. The topological polar surface area (TPSA) is 58.3 Å². The minimum absolute atomic E-state index is 0.584. The third-order valence-corrected chi connectivity index (χ3v) is 6.02. The average molecular weight is 415 g/mol. The number of nitrogens with one attached hydrogen (secondary N) is 1. The molecule has 0 spiro atoms. The van der Waals surface area contributed by atoms with Crippen LogP contribution in [0.15, 0.2) is 40.5 Å². The highest BCUT2D eigenvalue weighted by molar-refractivity contribution is 7.98. The molecule has 3 rings (SSSR count). The van der Waals surface area contributed by atoms with Crippen LogP contribution in [0.25, 0.3) is 0 Å². The summed E-state index contributed by atoms with van der Waals surface area (Å²) in [5.41, 5.74) is 1.43. The molecule has 29 heavy (non-hydrogen) atoms. The van der Waals surface area contributed by atoms with Gasteiger partial charge in [-0.1, -0.05) is 55.9 Å².